The van der Waals surface area contributed by atoms with Crippen LogP contribution in [0.3, 0.4) is 0 Å². The quantitative estimate of drug-likeness (QED) is 0.374. The van der Waals surface area contributed by atoms with Crippen molar-refractivity contribution in [1.82, 2.24) is 0 Å². The number of methoxy groups -OCH3 is 1. The lowest BCUT2D eigenvalue weighted by molar-refractivity contribution is -0.140. The molecule has 19 heavy (non-hydrogen) atoms. The van der Waals surface area contributed by atoms with Gasteiger partial charge < -0.3 is 4.74 Å². The van der Waals surface area contributed by atoms with Gasteiger partial charge in [0, 0.05) is 19.3 Å². The molecule has 0 aromatic rings. The lowest BCUT2D eigenvalue weighted by Crippen LogP contribution is -1.98. The zero-order valence-corrected chi connectivity index (χ0v) is 12.4. The van der Waals surface area contributed by atoms with Crippen molar-refractivity contribution in [3.8, 4) is 23.7 Å². The average Bonchev–Trinajstić information content (AvgIpc) is 2.43. The topological polar surface area (TPSA) is 26.3 Å². The summed E-state index contributed by atoms with van der Waals surface area (Å²) in [6.07, 6.45) is 9.82. The first-order valence-corrected chi connectivity index (χ1v) is 7.29. The van der Waals surface area contributed by atoms with Gasteiger partial charge in [-0.15, -0.1) is 11.8 Å². The molecule has 0 spiro atoms. The van der Waals surface area contributed by atoms with Crippen LogP contribution in [0.5, 0.6) is 0 Å². The van der Waals surface area contributed by atoms with E-state index in [1.165, 1.54) is 26.4 Å². The van der Waals surface area contributed by atoms with Crippen LogP contribution in [0.2, 0.25) is 0 Å². The largest absolute Gasteiger partial charge is 0.469 e. The van der Waals surface area contributed by atoms with Gasteiger partial charge in [-0.3, -0.25) is 4.79 Å². The number of ether oxygens (including phenoxy) is 1. The van der Waals surface area contributed by atoms with Gasteiger partial charge in [0.05, 0.1) is 13.5 Å². The molecule has 0 fully saturated rings. The molecule has 0 aliphatic carbocycles. The van der Waals surface area contributed by atoms with Gasteiger partial charge in [0.15, 0.2) is 0 Å². The van der Waals surface area contributed by atoms with Gasteiger partial charge in [-0.1, -0.05) is 38.0 Å². The molecule has 0 saturated carbocycles. The first kappa shape index (κ1) is 17.6. The van der Waals surface area contributed by atoms with E-state index in [0.717, 1.165) is 32.1 Å². The number of carbonyl (C=O) groups excluding carboxylic acids is 1. The number of hydrogen-bond donors (Lipinski definition) is 0. The first-order valence-electron chi connectivity index (χ1n) is 7.29. The Kier molecular flexibility index (Phi) is 13.6. The molecular weight excluding hydrogens is 236 g/mol. The highest BCUT2D eigenvalue weighted by Crippen LogP contribution is 2.03. The van der Waals surface area contributed by atoms with Crippen molar-refractivity contribution < 1.29 is 9.53 Å². The summed E-state index contributed by atoms with van der Waals surface area (Å²) < 4.78 is 4.58. The maximum atomic E-state index is 10.8. The third kappa shape index (κ3) is 14.5. The summed E-state index contributed by atoms with van der Waals surface area (Å²) in [4.78, 5) is 10.8. The second-order valence-electron chi connectivity index (χ2n) is 4.48. The highest BCUT2D eigenvalue weighted by molar-refractivity contribution is 5.68. The number of esters is 1. The molecule has 0 N–H and O–H groups in total. The molecule has 0 heterocycles. The molecule has 2 nitrogen and oxygen atoms in total. The van der Waals surface area contributed by atoms with E-state index in [0.29, 0.717) is 12.8 Å². The number of hydrogen-bond acceptors (Lipinski definition) is 2. The van der Waals surface area contributed by atoms with E-state index < -0.39 is 0 Å². The van der Waals surface area contributed by atoms with E-state index in [1.807, 2.05) is 0 Å². The summed E-state index contributed by atoms with van der Waals surface area (Å²) >= 11 is 0. The molecule has 0 rings (SSSR count). The maximum Gasteiger partial charge on any atom is 0.305 e. The smallest absolute Gasteiger partial charge is 0.305 e. The number of carbonyl (C=O) groups is 1. The molecule has 106 valence electrons. The summed E-state index contributed by atoms with van der Waals surface area (Å²) in [5, 5.41) is 0. The predicted molar refractivity (Wildman–Crippen MR) is 79.4 cm³/mol. The standard InChI is InChI=1S/C17H26O2/c1-3-4-5-6-7-8-9-10-11-12-13-14-15-16-17(18)19-2/h3-6,9,12-16H2,1-2H3. The highest BCUT2D eigenvalue weighted by Gasteiger charge is 1.97. The Bertz CT molecular complexity index is 336. The molecule has 0 saturated heterocycles. The van der Waals surface area contributed by atoms with E-state index in [2.05, 4.69) is 35.3 Å². The SMILES string of the molecule is CCCCCC#CCC#CCCCCCC(=O)OC. The normalized spacial score (nSPS) is 8.95. The molecule has 2 heteroatoms. The fourth-order valence-electron chi connectivity index (χ4n) is 1.57. The fourth-order valence-corrected chi connectivity index (χ4v) is 1.57. The van der Waals surface area contributed by atoms with Crippen LogP contribution in [0.4, 0.5) is 0 Å². The summed E-state index contributed by atoms with van der Waals surface area (Å²) in [6, 6.07) is 0. The van der Waals surface area contributed by atoms with Crippen LogP contribution in [-0.4, -0.2) is 13.1 Å². The van der Waals surface area contributed by atoms with Crippen LogP contribution in [0.15, 0.2) is 0 Å². The average molecular weight is 262 g/mol. The summed E-state index contributed by atoms with van der Waals surface area (Å²) in [6.45, 7) is 2.20. The summed E-state index contributed by atoms with van der Waals surface area (Å²) in [5.74, 6) is 12.3. The van der Waals surface area contributed by atoms with Gasteiger partial charge in [-0.25, -0.2) is 0 Å². The molecule has 0 amide bonds. The maximum absolute atomic E-state index is 10.8. The molecule has 0 bridgehead atoms. The van der Waals surface area contributed by atoms with Crippen molar-refractivity contribution in [1.29, 1.82) is 0 Å². The monoisotopic (exact) mass is 262 g/mol. The Morgan fingerprint density at radius 2 is 1.53 bits per heavy atom. The Hall–Kier alpha value is -1.41. The van der Waals surface area contributed by atoms with E-state index in [4.69, 9.17) is 0 Å². The van der Waals surface area contributed by atoms with E-state index in [9.17, 15) is 4.79 Å². The predicted octanol–water partition coefficient (Wildman–Crippen LogP) is 4.09. The second kappa shape index (κ2) is 14.7. The first-order chi connectivity index (χ1) is 9.31. The highest BCUT2D eigenvalue weighted by atomic mass is 16.5. The minimum atomic E-state index is -0.121. The summed E-state index contributed by atoms with van der Waals surface area (Å²) in [5.41, 5.74) is 0. The fraction of sp³-hybridized carbons (Fsp3) is 0.706. The van der Waals surface area contributed by atoms with Gasteiger partial charge in [0.1, 0.15) is 0 Å². The minimum Gasteiger partial charge on any atom is -0.469 e. The lowest BCUT2D eigenvalue weighted by Gasteiger charge is -1.97. The van der Waals surface area contributed by atoms with Crippen LogP contribution in [0.25, 0.3) is 0 Å². The van der Waals surface area contributed by atoms with E-state index in [1.54, 1.807) is 0 Å². The van der Waals surface area contributed by atoms with E-state index >= 15 is 0 Å². The Balaban J connectivity index is 3.33. The van der Waals surface area contributed by atoms with Crippen molar-refractivity contribution in [2.24, 2.45) is 0 Å². The van der Waals surface area contributed by atoms with Gasteiger partial charge in [0.25, 0.3) is 0 Å². The number of unbranched alkanes of at least 4 members (excludes halogenated alkanes) is 6. The van der Waals surface area contributed by atoms with Gasteiger partial charge in [0.2, 0.25) is 0 Å². The molecule has 0 aliphatic heterocycles. The molecule has 0 unspecified atom stereocenters. The Morgan fingerprint density at radius 1 is 0.895 bits per heavy atom. The van der Waals surface area contributed by atoms with Crippen molar-refractivity contribution in [3.63, 3.8) is 0 Å². The van der Waals surface area contributed by atoms with E-state index in [-0.39, 0.29) is 5.97 Å². The Labute approximate surface area is 118 Å². The third-order valence-electron chi connectivity index (χ3n) is 2.74. The molecule has 0 radical (unpaired) electrons. The molecule has 0 aromatic heterocycles. The van der Waals surface area contributed by atoms with Crippen molar-refractivity contribution >= 4 is 5.97 Å². The van der Waals surface area contributed by atoms with Gasteiger partial charge in [-0.05, 0) is 19.3 Å². The van der Waals surface area contributed by atoms with Crippen LogP contribution >= 0.6 is 0 Å². The minimum absolute atomic E-state index is 0.121. The van der Waals surface area contributed by atoms with Crippen LogP contribution in [-0.2, 0) is 9.53 Å². The number of rotatable bonds is 8. The molecular formula is C17H26O2. The van der Waals surface area contributed by atoms with Crippen molar-refractivity contribution in [2.75, 3.05) is 7.11 Å². The molecule has 0 aromatic carbocycles. The third-order valence-corrected chi connectivity index (χ3v) is 2.74. The van der Waals surface area contributed by atoms with Gasteiger partial charge in [-0.2, -0.15) is 0 Å². The zero-order valence-electron chi connectivity index (χ0n) is 12.4. The van der Waals surface area contributed by atoms with Gasteiger partial charge >= 0.3 is 5.97 Å². The van der Waals surface area contributed by atoms with Crippen LogP contribution in [0.1, 0.15) is 71.1 Å². The molecule has 0 aliphatic rings. The van der Waals surface area contributed by atoms with Crippen LogP contribution in [0, 0.1) is 23.7 Å². The zero-order chi connectivity index (χ0) is 14.2. The Morgan fingerprint density at radius 3 is 2.11 bits per heavy atom. The van der Waals surface area contributed by atoms with Crippen LogP contribution < -0.4 is 0 Å². The molecule has 0 atom stereocenters. The second-order valence-corrected chi connectivity index (χ2v) is 4.48. The lowest BCUT2D eigenvalue weighted by atomic mass is 10.1. The van der Waals surface area contributed by atoms with Crippen molar-refractivity contribution in [2.45, 2.75) is 71.1 Å². The van der Waals surface area contributed by atoms with Crippen molar-refractivity contribution in [3.05, 3.63) is 0 Å². The summed E-state index contributed by atoms with van der Waals surface area (Å²) in [7, 11) is 1.43.